The highest BCUT2D eigenvalue weighted by Gasteiger charge is 2.36. The van der Waals surface area contributed by atoms with Crippen molar-refractivity contribution in [2.24, 2.45) is 5.92 Å². The van der Waals surface area contributed by atoms with Crippen LogP contribution in [0.5, 0.6) is 0 Å². The Balaban J connectivity index is 1.73. The van der Waals surface area contributed by atoms with Gasteiger partial charge >= 0.3 is 6.18 Å². The maximum Gasteiger partial charge on any atom is 0.419 e. The molecule has 2 atom stereocenters. The van der Waals surface area contributed by atoms with E-state index in [9.17, 15) is 18.0 Å². The SMILES string of the molecule is O=C[C@H]1CNC[C@H](Nc2ncc(C(F)(F)F)c(-c3c[nH]c4ccccc34)n2)C1. The molecular weight excluding hydrogens is 371 g/mol. The number of hydrogen-bond donors (Lipinski definition) is 3. The minimum absolute atomic E-state index is 0.103. The lowest BCUT2D eigenvalue weighted by Gasteiger charge is -2.27. The van der Waals surface area contributed by atoms with Crippen LogP contribution in [0.1, 0.15) is 12.0 Å². The number of carbonyl (C=O) groups is 1. The maximum atomic E-state index is 13.6. The van der Waals surface area contributed by atoms with Crippen LogP contribution >= 0.6 is 0 Å². The summed E-state index contributed by atoms with van der Waals surface area (Å²) in [4.78, 5) is 22.1. The molecule has 0 unspecified atom stereocenters. The number of alkyl halides is 3. The lowest BCUT2D eigenvalue weighted by molar-refractivity contribution is -0.137. The molecule has 2 aromatic heterocycles. The zero-order valence-corrected chi connectivity index (χ0v) is 14.8. The number of H-pyrrole nitrogens is 1. The first kappa shape index (κ1) is 18.4. The van der Waals surface area contributed by atoms with Gasteiger partial charge in [-0.1, -0.05) is 18.2 Å². The third kappa shape index (κ3) is 3.57. The number of piperidine rings is 1. The van der Waals surface area contributed by atoms with Crippen LogP contribution in [0.3, 0.4) is 0 Å². The van der Waals surface area contributed by atoms with Gasteiger partial charge < -0.3 is 20.4 Å². The van der Waals surface area contributed by atoms with Crippen LogP contribution in [0.2, 0.25) is 0 Å². The molecule has 3 aromatic rings. The third-order valence-electron chi connectivity index (χ3n) is 4.85. The molecule has 0 amide bonds. The fraction of sp³-hybridized carbons (Fsp3) is 0.316. The van der Waals surface area contributed by atoms with Crippen molar-refractivity contribution in [2.75, 3.05) is 18.4 Å². The molecule has 0 spiro atoms. The lowest BCUT2D eigenvalue weighted by atomic mass is 9.97. The zero-order valence-electron chi connectivity index (χ0n) is 14.8. The third-order valence-corrected chi connectivity index (χ3v) is 4.85. The quantitative estimate of drug-likeness (QED) is 0.597. The Morgan fingerprint density at radius 3 is 2.82 bits per heavy atom. The number of aromatic amines is 1. The second-order valence-electron chi connectivity index (χ2n) is 6.83. The van der Waals surface area contributed by atoms with Crippen molar-refractivity contribution in [3.63, 3.8) is 0 Å². The van der Waals surface area contributed by atoms with E-state index in [2.05, 4.69) is 25.6 Å². The van der Waals surface area contributed by atoms with Crippen LogP contribution in [0.15, 0.2) is 36.7 Å². The number of aldehydes is 1. The predicted molar refractivity (Wildman–Crippen MR) is 98.8 cm³/mol. The summed E-state index contributed by atoms with van der Waals surface area (Å²) in [7, 11) is 0. The first-order chi connectivity index (χ1) is 13.5. The average Bonchev–Trinajstić information content (AvgIpc) is 3.11. The number of benzene rings is 1. The molecule has 0 saturated carbocycles. The normalized spacial score (nSPS) is 20.2. The van der Waals surface area contributed by atoms with Crippen LogP contribution < -0.4 is 10.6 Å². The largest absolute Gasteiger partial charge is 0.419 e. The van der Waals surface area contributed by atoms with Gasteiger partial charge in [-0.05, 0) is 12.5 Å². The van der Waals surface area contributed by atoms with E-state index >= 15 is 0 Å². The molecule has 3 heterocycles. The van der Waals surface area contributed by atoms with Crippen molar-refractivity contribution in [2.45, 2.75) is 18.6 Å². The van der Waals surface area contributed by atoms with Gasteiger partial charge in [0.1, 0.15) is 11.8 Å². The van der Waals surface area contributed by atoms with Gasteiger partial charge in [0.15, 0.2) is 0 Å². The zero-order chi connectivity index (χ0) is 19.7. The van der Waals surface area contributed by atoms with E-state index in [1.807, 2.05) is 0 Å². The van der Waals surface area contributed by atoms with Gasteiger partial charge in [0.05, 0.1) is 5.69 Å². The number of halogens is 3. The molecule has 9 heteroatoms. The summed E-state index contributed by atoms with van der Waals surface area (Å²) in [6, 6.07) is 6.97. The van der Waals surface area contributed by atoms with Crippen LogP contribution in [0.25, 0.3) is 22.2 Å². The molecule has 28 heavy (non-hydrogen) atoms. The summed E-state index contributed by atoms with van der Waals surface area (Å²) in [6.07, 6.45) is -0.799. The lowest BCUT2D eigenvalue weighted by Crippen LogP contribution is -2.44. The van der Waals surface area contributed by atoms with Crippen molar-refractivity contribution in [1.29, 1.82) is 0 Å². The van der Waals surface area contributed by atoms with E-state index in [1.54, 1.807) is 24.3 Å². The highest BCUT2D eigenvalue weighted by molar-refractivity contribution is 5.95. The van der Waals surface area contributed by atoms with Crippen molar-refractivity contribution < 1.29 is 18.0 Å². The molecule has 0 aliphatic carbocycles. The number of carbonyl (C=O) groups excluding carboxylic acids is 1. The molecular formula is C19H18F3N5O. The highest BCUT2D eigenvalue weighted by atomic mass is 19.4. The fourth-order valence-corrected chi connectivity index (χ4v) is 3.50. The summed E-state index contributed by atoms with van der Waals surface area (Å²) in [5, 5.41) is 6.83. The summed E-state index contributed by atoms with van der Waals surface area (Å²) in [6.45, 7) is 1.17. The summed E-state index contributed by atoms with van der Waals surface area (Å²) in [5.41, 5.74) is 0.0125. The minimum atomic E-state index is -4.58. The Hall–Kier alpha value is -2.94. The van der Waals surface area contributed by atoms with Gasteiger partial charge in [0.2, 0.25) is 5.95 Å². The molecule has 6 nitrogen and oxygen atoms in total. The summed E-state index contributed by atoms with van der Waals surface area (Å²) < 4.78 is 40.7. The molecule has 1 saturated heterocycles. The number of para-hydroxylation sites is 1. The Bertz CT molecular complexity index is 1000. The van der Waals surface area contributed by atoms with Crippen LogP contribution in [-0.4, -0.2) is 40.4 Å². The van der Waals surface area contributed by atoms with Gasteiger partial charge in [0, 0.05) is 53.9 Å². The number of fused-ring (bicyclic) bond motifs is 1. The Kier molecular flexibility index (Phi) is 4.76. The number of nitrogens with zero attached hydrogens (tertiary/aromatic N) is 2. The van der Waals surface area contributed by atoms with Gasteiger partial charge in [0.25, 0.3) is 0 Å². The fourth-order valence-electron chi connectivity index (χ4n) is 3.50. The van der Waals surface area contributed by atoms with Crippen molar-refractivity contribution in [1.82, 2.24) is 20.3 Å². The monoisotopic (exact) mass is 389 g/mol. The van der Waals surface area contributed by atoms with E-state index in [0.29, 0.717) is 30.5 Å². The number of hydrogen-bond acceptors (Lipinski definition) is 5. The standard InChI is InChI=1S/C19H18F3N5O/c20-19(21,22)15-9-25-18(26-12-5-11(10-28)6-23-7-12)27-17(15)14-8-24-16-4-2-1-3-13(14)16/h1-4,8-12,23-24H,5-7H2,(H,25,26,27)/t11-,12-/m1/s1. The van der Waals surface area contributed by atoms with Crippen LogP contribution in [-0.2, 0) is 11.0 Å². The molecule has 146 valence electrons. The Morgan fingerprint density at radius 2 is 2.04 bits per heavy atom. The van der Waals surface area contributed by atoms with Crippen molar-refractivity contribution >= 4 is 23.1 Å². The number of aromatic nitrogens is 3. The average molecular weight is 389 g/mol. The minimum Gasteiger partial charge on any atom is -0.360 e. The smallest absolute Gasteiger partial charge is 0.360 e. The molecule has 0 bridgehead atoms. The van der Waals surface area contributed by atoms with Crippen molar-refractivity contribution in [3.8, 4) is 11.3 Å². The first-order valence-electron chi connectivity index (χ1n) is 8.89. The molecule has 1 aromatic carbocycles. The number of anilines is 1. The molecule has 3 N–H and O–H groups in total. The van der Waals surface area contributed by atoms with E-state index in [0.717, 1.165) is 18.0 Å². The van der Waals surface area contributed by atoms with E-state index in [4.69, 9.17) is 0 Å². The molecule has 1 aliphatic heterocycles. The maximum absolute atomic E-state index is 13.6. The van der Waals surface area contributed by atoms with Gasteiger partial charge in [-0.2, -0.15) is 13.2 Å². The molecule has 1 fully saturated rings. The van der Waals surface area contributed by atoms with Gasteiger partial charge in [-0.15, -0.1) is 0 Å². The van der Waals surface area contributed by atoms with Gasteiger partial charge in [-0.3, -0.25) is 0 Å². The van der Waals surface area contributed by atoms with E-state index in [1.165, 1.54) is 6.20 Å². The first-order valence-corrected chi connectivity index (χ1v) is 8.89. The molecule has 1 aliphatic rings. The topological polar surface area (TPSA) is 82.7 Å². The van der Waals surface area contributed by atoms with E-state index in [-0.39, 0.29) is 23.6 Å². The predicted octanol–water partition coefficient (Wildman–Crippen LogP) is 3.23. The molecule has 4 rings (SSSR count). The number of nitrogens with one attached hydrogen (secondary N) is 3. The second-order valence-corrected chi connectivity index (χ2v) is 6.83. The van der Waals surface area contributed by atoms with Crippen molar-refractivity contribution in [3.05, 3.63) is 42.2 Å². The number of rotatable bonds is 4. The van der Waals surface area contributed by atoms with Gasteiger partial charge in [-0.25, -0.2) is 9.97 Å². The summed E-state index contributed by atoms with van der Waals surface area (Å²) >= 11 is 0. The summed E-state index contributed by atoms with van der Waals surface area (Å²) in [5.74, 6) is -0.0413. The van der Waals surface area contributed by atoms with E-state index < -0.39 is 11.7 Å². The second kappa shape index (κ2) is 7.23. The Labute approximate surface area is 158 Å². The van der Waals surface area contributed by atoms with Crippen LogP contribution in [0, 0.1) is 5.92 Å². The van der Waals surface area contributed by atoms with Crippen LogP contribution in [0.4, 0.5) is 19.1 Å². The highest BCUT2D eigenvalue weighted by Crippen LogP contribution is 2.38. The molecule has 0 radical (unpaired) electrons. The Morgan fingerprint density at radius 1 is 1.21 bits per heavy atom.